The van der Waals surface area contributed by atoms with Crippen LogP contribution in [-0.2, 0) is 9.84 Å². The number of sulfone groups is 1. The van der Waals surface area contributed by atoms with Crippen molar-refractivity contribution in [1.29, 1.82) is 0 Å². The van der Waals surface area contributed by atoms with Gasteiger partial charge in [-0.15, -0.1) is 0 Å². The van der Waals surface area contributed by atoms with Crippen LogP contribution in [0.15, 0.2) is 0 Å². The van der Waals surface area contributed by atoms with Crippen LogP contribution in [0.5, 0.6) is 0 Å². The zero-order valence-electron chi connectivity index (χ0n) is 9.24. The number of hydrogen-bond acceptors (Lipinski definition) is 3. The van der Waals surface area contributed by atoms with Gasteiger partial charge in [0.25, 0.3) is 0 Å². The van der Waals surface area contributed by atoms with Crippen LogP contribution < -0.4 is 5.32 Å². The lowest BCUT2D eigenvalue weighted by atomic mass is 10.0. The number of rotatable bonds is 3. The Balaban J connectivity index is 1.92. The summed E-state index contributed by atoms with van der Waals surface area (Å²) < 4.78 is 24.2. The van der Waals surface area contributed by atoms with Gasteiger partial charge in [-0.1, -0.05) is 19.3 Å². The lowest BCUT2D eigenvalue weighted by molar-refractivity contribution is 0.478. The van der Waals surface area contributed by atoms with E-state index in [0.717, 1.165) is 45.2 Å². The summed E-state index contributed by atoms with van der Waals surface area (Å²) in [4.78, 5) is 0. The van der Waals surface area contributed by atoms with Crippen molar-refractivity contribution in [2.75, 3.05) is 18.8 Å². The molecule has 15 heavy (non-hydrogen) atoms. The normalized spacial score (nSPS) is 29.5. The molecule has 88 valence electrons. The molecule has 0 aromatic carbocycles. The molecule has 0 amide bonds. The van der Waals surface area contributed by atoms with Crippen LogP contribution in [0.3, 0.4) is 0 Å². The van der Waals surface area contributed by atoms with E-state index >= 15 is 0 Å². The highest BCUT2D eigenvalue weighted by atomic mass is 32.2. The van der Waals surface area contributed by atoms with Crippen LogP contribution in [0.1, 0.15) is 38.5 Å². The van der Waals surface area contributed by atoms with E-state index in [-0.39, 0.29) is 5.25 Å². The third-order valence-corrected chi connectivity index (χ3v) is 6.11. The summed E-state index contributed by atoms with van der Waals surface area (Å²) >= 11 is 0. The quantitative estimate of drug-likeness (QED) is 0.797. The van der Waals surface area contributed by atoms with Gasteiger partial charge in [0.1, 0.15) is 0 Å². The van der Waals surface area contributed by atoms with Gasteiger partial charge in [0.05, 0.1) is 11.0 Å². The Hall–Kier alpha value is -0.0900. The van der Waals surface area contributed by atoms with Crippen molar-refractivity contribution < 1.29 is 8.42 Å². The SMILES string of the molecule is O=S(=O)(CC1CCNC1)C1CCCCC1. The van der Waals surface area contributed by atoms with Crippen LogP contribution >= 0.6 is 0 Å². The Morgan fingerprint density at radius 3 is 2.40 bits per heavy atom. The van der Waals surface area contributed by atoms with Gasteiger partial charge in [0.2, 0.25) is 0 Å². The number of hydrogen-bond donors (Lipinski definition) is 1. The minimum atomic E-state index is -2.81. The Bertz CT molecular complexity index is 288. The fraction of sp³-hybridized carbons (Fsp3) is 1.00. The molecule has 1 atom stereocenters. The maximum Gasteiger partial charge on any atom is 0.153 e. The highest BCUT2D eigenvalue weighted by Crippen LogP contribution is 2.26. The highest BCUT2D eigenvalue weighted by molar-refractivity contribution is 7.92. The molecule has 4 heteroatoms. The molecular formula is C11H21NO2S. The van der Waals surface area contributed by atoms with E-state index in [1.165, 1.54) is 6.42 Å². The van der Waals surface area contributed by atoms with Gasteiger partial charge < -0.3 is 5.32 Å². The van der Waals surface area contributed by atoms with Gasteiger partial charge in [-0.2, -0.15) is 0 Å². The first-order valence-corrected chi connectivity index (χ1v) is 7.82. The minimum absolute atomic E-state index is 0.0214. The third-order valence-electron chi connectivity index (χ3n) is 3.69. The fourth-order valence-corrected chi connectivity index (χ4v) is 5.01. The van der Waals surface area contributed by atoms with Gasteiger partial charge >= 0.3 is 0 Å². The monoisotopic (exact) mass is 231 g/mol. The molecule has 1 unspecified atom stereocenters. The van der Waals surface area contributed by atoms with Gasteiger partial charge in [-0.3, -0.25) is 0 Å². The number of nitrogens with one attached hydrogen (secondary N) is 1. The smallest absolute Gasteiger partial charge is 0.153 e. The molecular weight excluding hydrogens is 210 g/mol. The highest BCUT2D eigenvalue weighted by Gasteiger charge is 2.30. The predicted octanol–water partition coefficient (Wildman–Crippen LogP) is 1.34. The summed E-state index contributed by atoms with van der Waals surface area (Å²) in [6.07, 6.45) is 6.27. The molecule has 2 fully saturated rings. The van der Waals surface area contributed by atoms with Crippen molar-refractivity contribution in [1.82, 2.24) is 5.32 Å². The van der Waals surface area contributed by atoms with E-state index in [1.807, 2.05) is 0 Å². The molecule has 0 aromatic heterocycles. The predicted molar refractivity (Wildman–Crippen MR) is 61.6 cm³/mol. The van der Waals surface area contributed by atoms with Crippen LogP contribution in [-0.4, -0.2) is 32.5 Å². The average molecular weight is 231 g/mol. The van der Waals surface area contributed by atoms with E-state index in [2.05, 4.69) is 5.32 Å². The fourth-order valence-electron chi connectivity index (χ4n) is 2.75. The second kappa shape index (κ2) is 4.83. The first kappa shape index (κ1) is 11.4. The van der Waals surface area contributed by atoms with Crippen LogP contribution in [0, 0.1) is 5.92 Å². The molecule has 1 saturated carbocycles. The zero-order chi connectivity index (χ0) is 10.7. The average Bonchev–Trinajstić information content (AvgIpc) is 2.71. The maximum absolute atomic E-state index is 12.1. The minimum Gasteiger partial charge on any atom is -0.316 e. The van der Waals surface area contributed by atoms with E-state index in [9.17, 15) is 8.42 Å². The van der Waals surface area contributed by atoms with Gasteiger partial charge in [0, 0.05) is 0 Å². The van der Waals surface area contributed by atoms with Crippen molar-refractivity contribution in [3.63, 3.8) is 0 Å². The van der Waals surface area contributed by atoms with Crippen molar-refractivity contribution in [3.05, 3.63) is 0 Å². The van der Waals surface area contributed by atoms with Crippen LogP contribution in [0.2, 0.25) is 0 Å². The largest absolute Gasteiger partial charge is 0.316 e. The molecule has 2 rings (SSSR count). The van der Waals surface area contributed by atoms with Crippen molar-refractivity contribution in [2.24, 2.45) is 5.92 Å². The third kappa shape index (κ3) is 2.94. The van der Waals surface area contributed by atoms with E-state index in [4.69, 9.17) is 0 Å². The lowest BCUT2D eigenvalue weighted by Gasteiger charge is -2.23. The lowest BCUT2D eigenvalue weighted by Crippen LogP contribution is -2.30. The summed E-state index contributed by atoms with van der Waals surface area (Å²) in [5.74, 6) is 0.793. The second-order valence-electron chi connectivity index (χ2n) is 4.95. The Labute approximate surface area is 92.6 Å². The zero-order valence-corrected chi connectivity index (χ0v) is 10.1. The molecule has 0 bridgehead atoms. The van der Waals surface area contributed by atoms with Gasteiger partial charge in [-0.25, -0.2) is 8.42 Å². The van der Waals surface area contributed by atoms with E-state index in [1.54, 1.807) is 0 Å². The molecule has 0 radical (unpaired) electrons. The molecule has 3 nitrogen and oxygen atoms in total. The summed E-state index contributed by atoms with van der Waals surface area (Å²) in [7, 11) is -2.81. The molecule has 1 N–H and O–H groups in total. The van der Waals surface area contributed by atoms with Crippen LogP contribution in [0.4, 0.5) is 0 Å². The standard InChI is InChI=1S/C11H21NO2S/c13-15(14,9-10-6-7-12-8-10)11-4-2-1-3-5-11/h10-12H,1-9H2. The molecule has 1 aliphatic heterocycles. The Kier molecular flexibility index (Phi) is 3.67. The summed E-state index contributed by atoms with van der Waals surface area (Å²) in [5.41, 5.74) is 0. The first-order valence-electron chi connectivity index (χ1n) is 6.11. The molecule has 2 aliphatic rings. The molecule has 1 saturated heterocycles. The molecule has 0 aromatic rings. The van der Waals surface area contributed by atoms with Crippen molar-refractivity contribution in [3.8, 4) is 0 Å². The van der Waals surface area contributed by atoms with Crippen molar-refractivity contribution >= 4 is 9.84 Å². The Morgan fingerprint density at radius 1 is 1.07 bits per heavy atom. The maximum atomic E-state index is 12.1. The molecule has 0 spiro atoms. The Morgan fingerprint density at radius 2 is 1.80 bits per heavy atom. The topological polar surface area (TPSA) is 46.2 Å². The summed E-state index contributed by atoms with van der Waals surface area (Å²) in [6.45, 7) is 1.89. The second-order valence-corrected chi connectivity index (χ2v) is 7.27. The van der Waals surface area contributed by atoms with Gasteiger partial charge in [-0.05, 0) is 38.3 Å². The molecule has 1 aliphatic carbocycles. The molecule has 1 heterocycles. The summed E-state index contributed by atoms with van der Waals surface area (Å²) in [6, 6.07) is 0. The first-order chi connectivity index (χ1) is 7.18. The van der Waals surface area contributed by atoms with Crippen molar-refractivity contribution in [2.45, 2.75) is 43.8 Å². The van der Waals surface area contributed by atoms with Gasteiger partial charge in [0.15, 0.2) is 9.84 Å². The van der Waals surface area contributed by atoms with E-state index in [0.29, 0.717) is 11.7 Å². The summed E-state index contributed by atoms with van der Waals surface area (Å²) in [5, 5.41) is 3.21. The van der Waals surface area contributed by atoms with E-state index < -0.39 is 9.84 Å². The van der Waals surface area contributed by atoms with Crippen LogP contribution in [0.25, 0.3) is 0 Å².